The summed E-state index contributed by atoms with van der Waals surface area (Å²) in [7, 11) is 0. The zero-order valence-corrected chi connectivity index (χ0v) is 10.2. The number of amides is 1. The molecule has 0 radical (unpaired) electrons. The van der Waals surface area contributed by atoms with Crippen molar-refractivity contribution < 1.29 is 4.79 Å². The summed E-state index contributed by atoms with van der Waals surface area (Å²) in [5.74, 6) is 0.436. The maximum absolute atomic E-state index is 11.7. The molecule has 1 atom stereocenters. The number of rotatable bonds is 9. The largest absolute Gasteiger partial charge is 0.356 e. The van der Waals surface area contributed by atoms with E-state index < -0.39 is 0 Å². The molecule has 0 bridgehead atoms. The van der Waals surface area contributed by atoms with Gasteiger partial charge in [-0.25, -0.2) is 0 Å². The number of hydrogen-bond donors (Lipinski definition) is 2. The SMILES string of the molecule is CCCCC(CC)C(=O)NCCCCN. The van der Waals surface area contributed by atoms with Gasteiger partial charge in [-0.05, 0) is 32.2 Å². The van der Waals surface area contributed by atoms with Crippen LogP contribution in [0.1, 0.15) is 52.4 Å². The van der Waals surface area contributed by atoms with Gasteiger partial charge in [-0.15, -0.1) is 0 Å². The lowest BCUT2D eigenvalue weighted by atomic mass is 9.98. The van der Waals surface area contributed by atoms with Crippen LogP contribution in [0.15, 0.2) is 0 Å². The lowest BCUT2D eigenvalue weighted by molar-refractivity contribution is -0.125. The second-order valence-electron chi connectivity index (χ2n) is 4.03. The summed E-state index contributed by atoms with van der Waals surface area (Å²) >= 11 is 0. The molecule has 3 N–H and O–H groups in total. The maximum atomic E-state index is 11.7. The van der Waals surface area contributed by atoms with Crippen LogP contribution < -0.4 is 11.1 Å². The number of unbranched alkanes of at least 4 members (excludes halogenated alkanes) is 2. The molecule has 0 aliphatic carbocycles. The van der Waals surface area contributed by atoms with E-state index in [1.165, 1.54) is 0 Å². The van der Waals surface area contributed by atoms with Crippen LogP contribution >= 0.6 is 0 Å². The Labute approximate surface area is 93.8 Å². The van der Waals surface area contributed by atoms with Gasteiger partial charge in [0.1, 0.15) is 0 Å². The molecule has 15 heavy (non-hydrogen) atoms. The smallest absolute Gasteiger partial charge is 0.223 e. The van der Waals surface area contributed by atoms with Crippen LogP contribution in [0.25, 0.3) is 0 Å². The van der Waals surface area contributed by atoms with Crippen molar-refractivity contribution in [3.8, 4) is 0 Å². The fourth-order valence-electron chi connectivity index (χ4n) is 1.60. The Morgan fingerprint density at radius 1 is 1.27 bits per heavy atom. The molecule has 0 saturated carbocycles. The van der Waals surface area contributed by atoms with Crippen LogP contribution in [-0.4, -0.2) is 19.0 Å². The topological polar surface area (TPSA) is 55.1 Å². The number of hydrogen-bond acceptors (Lipinski definition) is 2. The van der Waals surface area contributed by atoms with Crippen molar-refractivity contribution in [2.75, 3.05) is 13.1 Å². The molecule has 3 heteroatoms. The monoisotopic (exact) mass is 214 g/mol. The molecule has 1 amide bonds. The molecular formula is C12H26N2O. The van der Waals surface area contributed by atoms with E-state index in [0.29, 0.717) is 6.54 Å². The molecule has 1 unspecified atom stereocenters. The van der Waals surface area contributed by atoms with Crippen LogP contribution in [0.4, 0.5) is 0 Å². The van der Waals surface area contributed by atoms with E-state index in [2.05, 4.69) is 19.2 Å². The molecule has 0 aliphatic heterocycles. The summed E-state index contributed by atoms with van der Waals surface area (Å²) in [4.78, 5) is 11.7. The highest BCUT2D eigenvalue weighted by atomic mass is 16.1. The highest BCUT2D eigenvalue weighted by molar-refractivity contribution is 5.78. The number of carbonyl (C=O) groups excluding carboxylic acids is 1. The van der Waals surface area contributed by atoms with E-state index in [1.54, 1.807) is 0 Å². The molecule has 0 aromatic rings. The Hall–Kier alpha value is -0.570. The first-order chi connectivity index (χ1) is 7.26. The highest BCUT2D eigenvalue weighted by Crippen LogP contribution is 2.12. The molecule has 0 aromatic carbocycles. The van der Waals surface area contributed by atoms with Crippen molar-refractivity contribution in [1.29, 1.82) is 0 Å². The molecule has 0 rings (SSSR count). The summed E-state index contributed by atoms with van der Waals surface area (Å²) in [5.41, 5.74) is 5.38. The van der Waals surface area contributed by atoms with Crippen LogP contribution in [0.3, 0.4) is 0 Å². The Kier molecular flexibility index (Phi) is 9.59. The quantitative estimate of drug-likeness (QED) is 0.577. The van der Waals surface area contributed by atoms with E-state index in [4.69, 9.17) is 5.73 Å². The molecule has 0 saturated heterocycles. The van der Waals surface area contributed by atoms with E-state index in [-0.39, 0.29) is 11.8 Å². The van der Waals surface area contributed by atoms with Crippen LogP contribution in [0.2, 0.25) is 0 Å². The summed E-state index contributed by atoms with van der Waals surface area (Å²) < 4.78 is 0. The molecule has 0 spiro atoms. The second kappa shape index (κ2) is 9.97. The van der Waals surface area contributed by atoms with Crippen LogP contribution in [-0.2, 0) is 4.79 Å². The number of nitrogens with two attached hydrogens (primary N) is 1. The molecule has 0 aliphatic rings. The summed E-state index contributed by atoms with van der Waals surface area (Å²) in [6, 6.07) is 0. The van der Waals surface area contributed by atoms with Gasteiger partial charge >= 0.3 is 0 Å². The molecule has 90 valence electrons. The number of nitrogens with one attached hydrogen (secondary N) is 1. The second-order valence-corrected chi connectivity index (χ2v) is 4.03. The van der Waals surface area contributed by atoms with Gasteiger partial charge < -0.3 is 11.1 Å². The molecular weight excluding hydrogens is 188 g/mol. The lowest BCUT2D eigenvalue weighted by Crippen LogP contribution is -2.31. The van der Waals surface area contributed by atoms with Gasteiger partial charge in [0.25, 0.3) is 0 Å². The standard InChI is InChI=1S/C12H26N2O/c1-3-5-8-11(4-2)12(15)14-10-7-6-9-13/h11H,3-10,13H2,1-2H3,(H,14,15). The molecule has 0 fully saturated rings. The number of carbonyl (C=O) groups is 1. The first-order valence-electron chi connectivity index (χ1n) is 6.24. The fraction of sp³-hybridized carbons (Fsp3) is 0.917. The van der Waals surface area contributed by atoms with Gasteiger partial charge in [0.05, 0.1) is 0 Å². The lowest BCUT2D eigenvalue weighted by Gasteiger charge is -2.14. The normalized spacial score (nSPS) is 12.5. The van der Waals surface area contributed by atoms with Gasteiger partial charge in [-0.2, -0.15) is 0 Å². The minimum atomic E-state index is 0.211. The third-order valence-corrected chi connectivity index (χ3v) is 2.70. The van der Waals surface area contributed by atoms with Crippen LogP contribution in [0.5, 0.6) is 0 Å². The van der Waals surface area contributed by atoms with Crippen molar-refractivity contribution in [2.24, 2.45) is 11.7 Å². The Bertz CT molecular complexity index is 160. The van der Waals surface area contributed by atoms with Gasteiger partial charge in [0.15, 0.2) is 0 Å². The summed E-state index contributed by atoms with van der Waals surface area (Å²) in [6.45, 7) is 5.73. The van der Waals surface area contributed by atoms with Gasteiger partial charge in [0, 0.05) is 12.5 Å². The van der Waals surface area contributed by atoms with Crippen molar-refractivity contribution in [3.63, 3.8) is 0 Å². The first-order valence-corrected chi connectivity index (χ1v) is 6.24. The van der Waals surface area contributed by atoms with E-state index in [1.807, 2.05) is 0 Å². The molecule has 0 aromatic heterocycles. The minimum absolute atomic E-state index is 0.211. The van der Waals surface area contributed by atoms with E-state index in [9.17, 15) is 4.79 Å². The predicted molar refractivity (Wildman–Crippen MR) is 64.6 cm³/mol. The van der Waals surface area contributed by atoms with Gasteiger partial charge in [-0.3, -0.25) is 4.79 Å². The van der Waals surface area contributed by atoms with Crippen molar-refractivity contribution in [1.82, 2.24) is 5.32 Å². The van der Waals surface area contributed by atoms with Gasteiger partial charge in [0.2, 0.25) is 5.91 Å². The zero-order valence-electron chi connectivity index (χ0n) is 10.2. The van der Waals surface area contributed by atoms with E-state index >= 15 is 0 Å². The Balaban J connectivity index is 3.63. The van der Waals surface area contributed by atoms with Crippen molar-refractivity contribution in [3.05, 3.63) is 0 Å². The fourth-order valence-corrected chi connectivity index (χ4v) is 1.60. The Morgan fingerprint density at radius 2 is 2.00 bits per heavy atom. The summed E-state index contributed by atoms with van der Waals surface area (Å²) in [5, 5.41) is 2.98. The summed E-state index contributed by atoms with van der Waals surface area (Å²) in [6.07, 6.45) is 6.27. The molecule has 0 heterocycles. The van der Waals surface area contributed by atoms with Crippen molar-refractivity contribution in [2.45, 2.75) is 52.4 Å². The maximum Gasteiger partial charge on any atom is 0.223 e. The Morgan fingerprint density at radius 3 is 2.53 bits per heavy atom. The van der Waals surface area contributed by atoms with Crippen molar-refractivity contribution >= 4 is 5.91 Å². The average Bonchev–Trinajstić information content (AvgIpc) is 2.25. The minimum Gasteiger partial charge on any atom is -0.356 e. The predicted octanol–water partition coefficient (Wildman–Crippen LogP) is 2.06. The highest BCUT2D eigenvalue weighted by Gasteiger charge is 2.14. The first kappa shape index (κ1) is 14.4. The van der Waals surface area contributed by atoms with Crippen LogP contribution in [0, 0.1) is 5.92 Å². The van der Waals surface area contributed by atoms with E-state index in [0.717, 1.165) is 45.1 Å². The third-order valence-electron chi connectivity index (χ3n) is 2.70. The third kappa shape index (κ3) is 7.37. The average molecular weight is 214 g/mol. The molecule has 3 nitrogen and oxygen atoms in total. The van der Waals surface area contributed by atoms with Gasteiger partial charge in [-0.1, -0.05) is 26.7 Å². The zero-order chi connectivity index (χ0) is 11.5.